The number of hydrogen-bond acceptors (Lipinski definition) is 5. The summed E-state index contributed by atoms with van der Waals surface area (Å²) in [5, 5.41) is 9.44. The summed E-state index contributed by atoms with van der Waals surface area (Å²) in [6.45, 7) is 2.29. The van der Waals surface area contributed by atoms with Gasteiger partial charge in [-0.1, -0.05) is 6.07 Å². The quantitative estimate of drug-likeness (QED) is 0.694. The van der Waals surface area contributed by atoms with Crippen molar-refractivity contribution in [2.45, 2.75) is 18.9 Å². The van der Waals surface area contributed by atoms with E-state index in [1.54, 1.807) is 30.7 Å². The number of nitriles is 1. The Morgan fingerprint density at radius 1 is 1.07 bits per heavy atom. The van der Waals surface area contributed by atoms with Crippen molar-refractivity contribution in [3.05, 3.63) is 76.6 Å². The second-order valence-corrected chi connectivity index (χ2v) is 7.55. The number of nitrogens with zero attached hydrogens (tertiary/aromatic N) is 5. The van der Waals surface area contributed by atoms with Crippen LogP contribution in [0, 0.1) is 17.2 Å². The van der Waals surface area contributed by atoms with Gasteiger partial charge in [0.15, 0.2) is 0 Å². The van der Waals surface area contributed by atoms with Crippen LogP contribution in [0.5, 0.6) is 0 Å². The standard InChI is InChI=1S/C22H19N5O/c23-10-16-3-2-6-25-22(16)26-12-15-7-19(14-26)20-8-18(9-21(28)27(20)13-15)17-4-1-5-24-11-17/h1-6,8-9,11,15,19H,7,12-14H2/t15-,19+/m0/s1. The van der Waals surface area contributed by atoms with Crippen molar-refractivity contribution < 1.29 is 0 Å². The predicted molar refractivity (Wildman–Crippen MR) is 106 cm³/mol. The van der Waals surface area contributed by atoms with Crippen LogP contribution in [-0.4, -0.2) is 27.6 Å². The SMILES string of the molecule is N#Cc1cccnc1N1C[C@@H]2C[C@H](C1)c1cc(-c3cccnc3)cc(=O)n1C2. The minimum Gasteiger partial charge on any atom is -0.355 e. The lowest BCUT2D eigenvalue weighted by Gasteiger charge is -2.43. The molecule has 5 heterocycles. The lowest BCUT2D eigenvalue weighted by molar-refractivity contribution is 0.280. The molecule has 2 atom stereocenters. The zero-order valence-electron chi connectivity index (χ0n) is 15.3. The Hall–Kier alpha value is -3.46. The van der Waals surface area contributed by atoms with Crippen LogP contribution < -0.4 is 10.5 Å². The summed E-state index contributed by atoms with van der Waals surface area (Å²) in [5.41, 5.74) is 3.59. The molecule has 0 N–H and O–H groups in total. The van der Waals surface area contributed by atoms with E-state index in [1.165, 1.54) is 0 Å². The van der Waals surface area contributed by atoms with Gasteiger partial charge in [0.25, 0.3) is 5.56 Å². The van der Waals surface area contributed by atoms with E-state index < -0.39 is 0 Å². The minimum atomic E-state index is 0.0510. The Morgan fingerprint density at radius 2 is 1.96 bits per heavy atom. The van der Waals surface area contributed by atoms with E-state index in [0.29, 0.717) is 18.0 Å². The van der Waals surface area contributed by atoms with Crippen molar-refractivity contribution in [3.63, 3.8) is 0 Å². The fraction of sp³-hybridized carbons (Fsp3) is 0.273. The molecule has 1 fully saturated rings. The van der Waals surface area contributed by atoms with E-state index >= 15 is 0 Å². The molecular formula is C22H19N5O. The number of rotatable bonds is 2. The molecule has 1 saturated heterocycles. The van der Waals surface area contributed by atoms with E-state index in [0.717, 1.165) is 42.1 Å². The van der Waals surface area contributed by atoms with Gasteiger partial charge in [0.05, 0.1) is 5.56 Å². The number of hydrogen-bond donors (Lipinski definition) is 0. The summed E-state index contributed by atoms with van der Waals surface area (Å²) in [6.07, 6.45) is 6.32. The second kappa shape index (κ2) is 6.61. The van der Waals surface area contributed by atoms with Gasteiger partial charge in [-0.2, -0.15) is 5.26 Å². The van der Waals surface area contributed by atoms with E-state index in [4.69, 9.17) is 0 Å². The zero-order valence-corrected chi connectivity index (χ0v) is 15.3. The van der Waals surface area contributed by atoms with Gasteiger partial charge in [-0.15, -0.1) is 0 Å². The third-order valence-corrected chi connectivity index (χ3v) is 5.76. The van der Waals surface area contributed by atoms with Crippen LogP contribution in [0.15, 0.2) is 59.8 Å². The number of fused-ring (bicyclic) bond motifs is 4. The molecule has 0 amide bonds. The third kappa shape index (κ3) is 2.76. The van der Waals surface area contributed by atoms with Gasteiger partial charge < -0.3 is 9.47 Å². The molecule has 6 nitrogen and oxygen atoms in total. The lowest BCUT2D eigenvalue weighted by Crippen LogP contribution is -2.47. The van der Waals surface area contributed by atoms with Gasteiger partial charge in [-0.3, -0.25) is 9.78 Å². The number of anilines is 1. The fourth-order valence-corrected chi connectivity index (χ4v) is 4.57. The summed E-state index contributed by atoms with van der Waals surface area (Å²) in [5.74, 6) is 1.37. The predicted octanol–water partition coefficient (Wildman–Crippen LogP) is 2.80. The topological polar surface area (TPSA) is 74.8 Å². The van der Waals surface area contributed by atoms with Crippen molar-refractivity contribution in [2.75, 3.05) is 18.0 Å². The van der Waals surface area contributed by atoms with Gasteiger partial charge >= 0.3 is 0 Å². The molecule has 0 saturated carbocycles. The van der Waals surface area contributed by atoms with Crippen LogP contribution in [-0.2, 0) is 6.54 Å². The molecule has 2 aliphatic heterocycles. The molecule has 0 aliphatic carbocycles. The highest BCUT2D eigenvalue weighted by atomic mass is 16.1. The average molecular weight is 369 g/mol. The first-order chi connectivity index (χ1) is 13.7. The van der Waals surface area contributed by atoms with Crippen LogP contribution in [0.2, 0.25) is 0 Å². The Balaban J connectivity index is 1.55. The molecule has 2 aliphatic rings. The Morgan fingerprint density at radius 3 is 2.79 bits per heavy atom. The number of pyridine rings is 3. The summed E-state index contributed by atoms with van der Waals surface area (Å²) in [6, 6.07) is 13.6. The highest BCUT2D eigenvalue weighted by Crippen LogP contribution is 2.38. The molecule has 138 valence electrons. The molecule has 0 aromatic carbocycles. The van der Waals surface area contributed by atoms with E-state index in [2.05, 4.69) is 27.0 Å². The van der Waals surface area contributed by atoms with Crippen molar-refractivity contribution >= 4 is 5.82 Å². The monoisotopic (exact) mass is 369 g/mol. The zero-order chi connectivity index (χ0) is 19.1. The van der Waals surface area contributed by atoms with E-state index in [1.807, 2.05) is 22.8 Å². The molecule has 2 bridgehead atoms. The normalized spacial score (nSPS) is 20.3. The molecule has 6 heteroatoms. The first-order valence-electron chi connectivity index (χ1n) is 9.48. The van der Waals surface area contributed by atoms with Crippen LogP contribution in [0.1, 0.15) is 23.6 Å². The molecule has 28 heavy (non-hydrogen) atoms. The van der Waals surface area contributed by atoms with Crippen molar-refractivity contribution in [2.24, 2.45) is 5.92 Å². The molecule has 3 aromatic rings. The maximum atomic E-state index is 12.8. The van der Waals surface area contributed by atoms with Crippen molar-refractivity contribution in [3.8, 4) is 17.2 Å². The summed E-state index contributed by atoms with van der Waals surface area (Å²) >= 11 is 0. The fourth-order valence-electron chi connectivity index (χ4n) is 4.57. The molecule has 0 spiro atoms. The van der Waals surface area contributed by atoms with Crippen LogP contribution in [0.25, 0.3) is 11.1 Å². The van der Waals surface area contributed by atoms with E-state index in [-0.39, 0.29) is 11.5 Å². The smallest absolute Gasteiger partial charge is 0.251 e. The molecule has 0 unspecified atom stereocenters. The number of aromatic nitrogens is 3. The Labute approximate surface area is 162 Å². The molecule has 3 aromatic heterocycles. The van der Waals surface area contributed by atoms with Crippen LogP contribution in [0.3, 0.4) is 0 Å². The Kier molecular flexibility index (Phi) is 3.94. The van der Waals surface area contributed by atoms with Gasteiger partial charge in [-0.05, 0) is 42.2 Å². The average Bonchev–Trinajstić information content (AvgIpc) is 2.75. The summed E-state index contributed by atoms with van der Waals surface area (Å²) < 4.78 is 1.93. The number of piperidine rings is 1. The first-order valence-corrected chi connectivity index (χ1v) is 9.48. The maximum absolute atomic E-state index is 12.8. The summed E-state index contributed by atoms with van der Waals surface area (Å²) in [4.78, 5) is 23.7. The Bertz CT molecular complexity index is 1130. The van der Waals surface area contributed by atoms with Crippen molar-refractivity contribution in [1.29, 1.82) is 5.26 Å². The largest absolute Gasteiger partial charge is 0.355 e. The molecule has 5 rings (SSSR count). The minimum absolute atomic E-state index is 0.0510. The maximum Gasteiger partial charge on any atom is 0.251 e. The van der Waals surface area contributed by atoms with E-state index in [9.17, 15) is 10.1 Å². The van der Waals surface area contributed by atoms with Gasteiger partial charge in [0, 0.05) is 61.5 Å². The molecule has 0 radical (unpaired) electrons. The van der Waals surface area contributed by atoms with Gasteiger partial charge in [-0.25, -0.2) is 4.98 Å². The van der Waals surface area contributed by atoms with Crippen LogP contribution >= 0.6 is 0 Å². The van der Waals surface area contributed by atoms with Gasteiger partial charge in [0.2, 0.25) is 0 Å². The second-order valence-electron chi connectivity index (χ2n) is 7.55. The van der Waals surface area contributed by atoms with Crippen molar-refractivity contribution in [1.82, 2.24) is 14.5 Å². The molecular weight excluding hydrogens is 350 g/mol. The third-order valence-electron chi connectivity index (χ3n) is 5.76. The highest BCUT2D eigenvalue weighted by molar-refractivity contribution is 5.63. The highest BCUT2D eigenvalue weighted by Gasteiger charge is 2.36. The van der Waals surface area contributed by atoms with Gasteiger partial charge in [0.1, 0.15) is 11.9 Å². The lowest BCUT2D eigenvalue weighted by atomic mass is 9.82. The first kappa shape index (κ1) is 16.7. The van der Waals surface area contributed by atoms with Crippen LogP contribution in [0.4, 0.5) is 5.82 Å². The summed E-state index contributed by atoms with van der Waals surface area (Å²) in [7, 11) is 0.